The molecule has 2 aromatic rings. The highest BCUT2D eigenvalue weighted by Crippen LogP contribution is 2.14. The van der Waals surface area contributed by atoms with E-state index >= 15 is 0 Å². The molecule has 0 atom stereocenters. The van der Waals surface area contributed by atoms with Gasteiger partial charge in [0.05, 0.1) is 0 Å². The summed E-state index contributed by atoms with van der Waals surface area (Å²) < 4.78 is 0. The SMILES string of the molecule is CN(C)C(=O)c1cccc(NC(=O)c2cccc(N)c2)c1. The number of nitrogens with one attached hydrogen (secondary N) is 1. The van der Waals surface area contributed by atoms with Gasteiger partial charge in [0, 0.05) is 36.6 Å². The molecule has 0 saturated carbocycles. The van der Waals surface area contributed by atoms with E-state index in [1.165, 1.54) is 4.90 Å². The van der Waals surface area contributed by atoms with Crippen molar-refractivity contribution in [3.8, 4) is 0 Å². The molecule has 0 bridgehead atoms. The summed E-state index contributed by atoms with van der Waals surface area (Å²) in [5.41, 5.74) is 7.74. The van der Waals surface area contributed by atoms with E-state index in [0.717, 1.165) is 0 Å². The highest BCUT2D eigenvalue weighted by atomic mass is 16.2. The summed E-state index contributed by atoms with van der Waals surface area (Å²) in [6, 6.07) is 13.5. The maximum Gasteiger partial charge on any atom is 0.255 e. The number of anilines is 2. The number of hydrogen-bond donors (Lipinski definition) is 2. The molecule has 2 amide bonds. The van der Waals surface area contributed by atoms with Gasteiger partial charge in [0.25, 0.3) is 11.8 Å². The molecule has 0 fully saturated rings. The zero-order valence-corrected chi connectivity index (χ0v) is 12.0. The molecule has 0 aromatic heterocycles. The quantitative estimate of drug-likeness (QED) is 0.848. The Balaban J connectivity index is 2.18. The van der Waals surface area contributed by atoms with Gasteiger partial charge in [0.1, 0.15) is 0 Å². The molecule has 0 aliphatic heterocycles. The highest BCUT2D eigenvalue weighted by molar-refractivity contribution is 6.05. The number of benzene rings is 2. The normalized spacial score (nSPS) is 10.0. The van der Waals surface area contributed by atoms with Gasteiger partial charge in [-0.1, -0.05) is 12.1 Å². The van der Waals surface area contributed by atoms with Gasteiger partial charge in [-0.3, -0.25) is 9.59 Å². The molecular weight excluding hydrogens is 266 g/mol. The molecule has 0 radical (unpaired) electrons. The lowest BCUT2D eigenvalue weighted by Crippen LogP contribution is -2.22. The van der Waals surface area contributed by atoms with Crippen molar-refractivity contribution in [2.24, 2.45) is 0 Å². The Labute approximate surface area is 123 Å². The number of nitrogens with zero attached hydrogens (tertiary/aromatic N) is 1. The Morgan fingerprint density at radius 1 is 1.00 bits per heavy atom. The number of carbonyl (C=O) groups is 2. The first-order valence-corrected chi connectivity index (χ1v) is 6.46. The number of hydrogen-bond acceptors (Lipinski definition) is 3. The number of rotatable bonds is 3. The van der Waals surface area contributed by atoms with Crippen LogP contribution in [0.1, 0.15) is 20.7 Å². The second-order valence-electron chi connectivity index (χ2n) is 4.86. The third kappa shape index (κ3) is 3.60. The van der Waals surface area contributed by atoms with Gasteiger partial charge >= 0.3 is 0 Å². The van der Waals surface area contributed by atoms with E-state index in [0.29, 0.717) is 22.5 Å². The molecule has 0 spiro atoms. The first-order valence-electron chi connectivity index (χ1n) is 6.46. The first kappa shape index (κ1) is 14.6. The van der Waals surface area contributed by atoms with E-state index in [1.807, 2.05) is 0 Å². The molecule has 0 aliphatic rings. The third-order valence-corrected chi connectivity index (χ3v) is 2.92. The van der Waals surface area contributed by atoms with E-state index in [9.17, 15) is 9.59 Å². The smallest absolute Gasteiger partial charge is 0.255 e. The summed E-state index contributed by atoms with van der Waals surface area (Å²) in [7, 11) is 3.36. The number of nitrogens with two attached hydrogens (primary N) is 1. The molecule has 0 unspecified atom stereocenters. The first-order chi connectivity index (χ1) is 9.97. The summed E-state index contributed by atoms with van der Waals surface area (Å²) in [4.78, 5) is 25.5. The topological polar surface area (TPSA) is 75.4 Å². The summed E-state index contributed by atoms with van der Waals surface area (Å²) in [6.07, 6.45) is 0. The molecule has 0 heterocycles. The van der Waals surface area contributed by atoms with Crippen LogP contribution in [0.3, 0.4) is 0 Å². The minimum Gasteiger partial charge on any atom is -0.399 e. The van der Waals surface area contributed by atoms with Crippen LogP contribution in [0.5, 0.6) is 0 Å². The van der Waals surface area contributed by atoms with E-state index in [1.54, 1.807) is 62.6 Å². The lowest BCUT2D eigenvalue weighted by Gasteiger charge is -2.11. The average Bonchev–Trinajstić information content (AvgIpc) is 2.46. The van der Waals surface area contributed by atoms with Crippen molar-refractivity contribution >= 4 is 23.2 Å². The second-order valence-corrected chi connectivity index (χ2v) is 4.86. The van der Waals surface area contributed by atoms with Crippen LogP contribution in [0.4, 0.5) is 11.4 Å². The van der Waals surface area contributed by atoms with Crippen molar-refractivity contribution < 1.29 is 9.59 Å². The zero-order valence-electron chi connectivity index (χ0n) is 12.0. The fourth-order valence-corrected chi connectivity index (χ4v) is 1.87. The standard InChI is InChI=1S/C16H17N3O2/c1-19(2)16(21)12-6-4-8-14(10-12)18-15(20)11-5-3-7-13(17)9-11/h3-10H,17H2,1-2H3,(H,18,20). The Hall–Kier alpha value is -2.82. The molecule has 3 N–H and O–H groups in total. The minimum absolute atomic E-state index is 0.116. The molecular formula is C16H17N3O2. The van der Waals surface area contributed by atoms with Crippen LogP contribution in [0.2, 0.25) is 0 Å². The molecule has 0 saturated heterocycles. The summed E-state index contributed by atoms with van der Waals surface area (Å²) in [5.74, 6) is -0.383. The second kappa shape index (κ2) is 6.09. The van der Waals surface area contributed by atoms with E-state index in [4.69, 9.17) is 5.73 Å². The van der Waals surface area contributed by atoms with Gasteiger partial charge in [-0.15, -0.1) is 0 Å². The van der Waals surface area contributed by atoms with E-state index in [2.05, 4.69) is 5.32 Å². The Kier molecular flexibility index (Phi) is 4.23. The van der Waals surface area contributed by atoms with E-state index < -0.39 is 0 Å². The van der Waals surface area contributed by atoms with Gasteiger partial charge in [0.15, 0.2) is 0 Å². The minimum atomic E-state index is -0.267. The average molecular weight is 283 g/mol. The summed E-state index contributed by atoms with van der Waals surface area (Å²) >= 11 is 0. The third-order valence-electron chi connectivity index (χ3n) is 2.92. The Morgan fingerprint density at radius 3 is 2.33 bits per heavy atom. The maximum absolute atomic E-state index is 12.1. The molecule has 0 aliphatic carbocycles. The molecule has 5 nitrogen and oxygen atoms in total. The number of nitrogen functional groups attached to an aromatic ring is 1. The van der Waals surface area contributed by atoms with Gasteiger partial charge < -0.3 is 16.0 Å². The zero-order chi connectivity index (χ0) is 15.4. The number of amides is 2. The van der Waals surface area contributed by atoms with Crippen LogP contribution in [-0.2, 0) is 0 Å². The summed E-state index contributed by atoms with van der Waals surface area (Å²) in [5, 5.41) is 2.75. The van der Waals surface area contributed by atoms with Crippen LogP contribution in [0.15, 0.2) is 48.5 Å². The predicted molar refractivity (Wildman–Crippen MR) is 83.3 cm³/mol. The van der Waals surface area contributed by atoms with Crippen LogP contribution < -0.4 is 11.1 Å². The van der Waals surface area contributed by atoms with Gasteiger partial charge in [-0.2, -0.15) is 0 Å². The predicted octanol–water partition coefficient (Wildman–Crippen LogP) is 2.22. The van der Waals surface area contributed by atoms with Gasteiger partial charge in [-0.05, 0) is 36.4 Å². The van der Waals surface area contributed by atoms with Crippen molar-refractivity contribution in [1.29, 1.82) is 0 Å². The molecule has 108 valence electrons. The molecule has 2 rings (SSSR count). The molecule has 2 aromatic carbocycles. The lowest BCUT2D eigenvalue weighted by atomic mass is 10.1. The fraction of sp³-hybridized carbons (Fsp3) is 0.125. The Morgan fingerprint density at radius 2 is 1.67 bits per heavy atom. The summed E-state index contributed by atoms with van der Waals surface area (Å²) in [6.45, 7) is 0. The van der Waals surface area contributed by atoms with Crippen molar-refractivity contribution in [3.63, 3.8) is 0 Å². The van der Waals surface area contributed by atoms with Crippen molar-refractivity contribution in [3.05, 3.63) is 59.7 Å². The molecule has 21 heavy (non-hydrogen) atoms. The Bertz CT molecular complexity index is 681. The van der Waals surface area contributed by atoms with Gasteiger partial charge in [-0.25, -0.2) is 0 Å². The van der Waals surface area contributed by atoms with Crippen molar-refractivity contribution in [1.82, 2.24) is 4.90 Å². The lowest BCUT2D eigenvalue weighted by molar-refractivity contribution is 0.0827. The van der Waals surface area contributed by atoms with Crippen molar-refractivity contribution in [2.75, 3.05) is 25.1 Å². The van der Waals surface area contributed by atoms with Crippen LogP contribution in [0.25, 0.3) is 0 Å². The van der Waals surface area contributed by atoms with Crippen LogP contribution in [0, 0.1) is 0 Å². The van der Waals surface area contributed by atoms with Gasteiger partial charge in [0.2, 0.25) is 0 Å². The fourth-order valence-electron chi connectivity index (χ4n) is 1.87. The number of carbonyl (C=O) groups excluding carboxylic acids is 2. The molecule has 5 heteroatoms. The van der Waals surface area contributed by atoms with Crippen LogP contribution >= 0.6 is 0 Å². The monoisotopic (exact) mass is 283 g/mol. The maximum atomic E-state index is 12.1. The van der Waals surface area contributed by atoms with E-state index in [-0.39, 0.29) is 11.8 Å². The highest BCUT2D eigenvalue weighted by Gasteiger charge is 2.10. The van der Waals surface area contributed by atoms with Crippen molar-refractivity contribution in [2.45, 2.75) is 0 Å². The largest absolute Gasteiger partial charge is 0.399 e. The van der Waals surface area contributed by atoms with Crippen LogP contribution in [-0.4, -0.2) is 30.8 Å².